The minimum absolute atomic E-state index is 0.00511. The fourth-order valence-electron chi connectivity index (χ4n) is 2.95. The molecule has 0 saturated carbocycles. The molecule has 1 aromatic carbocycles. The molecule has 0 aliphatic carbocycles. The number of halogens is 3. The van der Waals surface area contributed by atoms with E-state index in [1.165, 1.54) is 18.2 Å². The van der Waals surface area contributed by atoms with Gasteiger partial charge >= 0.3 is 18.2 Å². The highest BCUT2D eigenvalue weighted by molar-refractivity contribution is 5.71. The summed E-state index contributed by atoms with van der Waals surface area (Å²) in [7, 11) is 0. The highest BCUT2D eigenvalue weighted by atomic mass is 19.4. The van der Waals surface area contributed by atoms with Gasteiger partial charge in [-0.15, -0.1) is 0 Å². The van der Waals surface area contributed by atoms with Crippen LogP contribution >= 0.6 is 0 Å². The summed E-state index contributed by atoms with van der Waals surface area (Å²) in [6, 6.07) is 4.17. The second kappa shape index (κ2) is 6.47. The maximum absolute atomic E-state index is 13.0. The first-order valence-corrected chi connectivity index (χ1v) is 7.07. The number of nitrogens with zero attached hydrogens (tertiary/aromatic N) is 1. The molecule has 1 amide bonds. The predicted octanol–water partition coefficient (Wildman–Crippen LogP) is 3.09. The predicted molar refractivity (Wildman–Crippen MR) is 74.0 cm³/mol. The van der Waals surface area contributed by atoms with Gasteiger partial charge in [0.2, 0.25) is 0 Å². The van der Waals surface area contributed by atoms with Crippen LogP contribution in [0.5, 0.6) is 0 Å². The molecule has 0 aromatic heterocycles. The Balaban J connectivity index is 2.28. The Morgan fingerprint density at radius 1 is 1.22 bits per heavy atom. The van der Waals surface area contributed by atoms with E-state index >= 15 is 0 Å². The number of rotatable bonds is 3. The molecule has 126 valence electrons. The van der Waals surface area contributed by atoms with Crippen molar-refractivity contribution in [1.82, 2.24) is 4.90 Å². The Bertz CT molecular complexity index is 603. The largest absolute Gasteiger partial charge is 0.481 e. The lowest BCUT2D eigenvalue weighted by Gasteiger charge is -2.36. The van der Waals surface area contributed by atoms with Crippen molar-refractivity contribution >= 4 is 12.1 Å². The van der Waals surface area contributed by atoms with E-state index in [2.05, 4.69) is 0 Å². The van der Waals surface area contributed by atoms with E-state index in [4.69, 9.17) is 5.11 Å². The summed E-state index contributed by atoms with van der Waals surface area (Å²) in [5.74, 6) is -1.79. The Kier molecular flexibility index (Phi) is 4.82. The molecule has 2 rings (SSSR count). The lowest BCUT2D eigenvalue weighted by atomic mass is 9.87. The number of hydrogen-bond donors (Lipinski definition) is 2. The van der Waals surface area contributed by atoms with E-state index in [0.29, 0.717) is 0 Å². The third-order valence-corrected chi connectivity index (χ3v) is 4.09. The van der Waals surface area contributed by atoms with Crippen LogP contribution in [0.1, 0.15) is 24.0 Å². The van der Waals surface area contributed by atoms with Crippen LogP contribution in [0.15, 0.2) is 24.3 Å². The van der Waals surface area contributed by atoms with Gasteiger partial charge < -0.3 is 15.1 Å². The third kappa shape index (κ3) is 3.94. The van der Waals surface area contributed by atoms with E-state index in [1.807, 2.05) is 0 Å². The van der Waals surface area contributed by atoms with E-state index in [1.54, 1.807) is 0 Å². The zero-order chi connectivity index (χ0) is 17.2. The maximum Gasteiger partial charge on any atom is 0.416 e. The monoisotopic (exact) mass is 331 g/mol. The minimum Gasteiger partial charge on any atom is -0.481 e. The minimum atomic E-state index is -4.54. The van der Waals surface area contributed by atoms with Gasteiger partial charge in [-0.3, -0.25) is 4.79 Å². The van der Waals surface area contributed by atoms with Gasteiger partial charge in [0.05, 0.1) is 11.5 Å². The number of carboxylic acid groups (broad SMARTS) is 2. The second-order valence-electron chi connectivity index (χ2n) is 5.55. The van der Waals surface area contributed by atoms with E-state index in [-0.39, 0.29) is 31.4 Å². The molecular weight excluding hydrogens is 315 g/mol. The summed E-state index contributed by atoms with van der Waals surface area (Å²) >= 11 is 0. The summed E-state index contributed by atoms with van der Waals surface area (Å²) < 4.78 is 39.1. The topological polar surface area (TPSA) is 77.8 Å². The van der Waals surface area contributed by atoms with E-state index in [9.17, 15) is 27.9 Å². The molecule has 1 saturated heterocycles. The zero-order valence-electron chi connectivity index (χ0n) is 12.1. The number of carbonyl (C=O) groups is 2. The number of amides is 1. The molecule has 1 fully saturated rings. The highest BCUT2D eigenvalue weighted by Crippen LogP contribution is 2.34. The van der Waals surface area contributed by atoms with Crippen LogP contribution in [-0.2, 0) is 17.4 Å². The number of hydrogen-bond acceptors (Lipinski definition) is 2. The smallest absolute Gasteiger partial charge is 0.416 e. The number of likely N-dealkylation sites (tertiary alicyclic amines) is 1. The van der Waals surface area contributed by atoms with Crippen molar-refractivity contribution in [3.63, 3.8) is 0 Å². The van der Waals surface area contributed by atoms with Crippen LogP contribution in [0, 0.1) is 5.92 Å². The molecule has 1 aromatic rings. The molecule has 2 N–H and O–H groups in total. The van der Waals surface area contributed by atoms with Crippen LogP contribution in [0.4, 0.5) is 18.0 Å². The first-order chi connectivity index (χ1) is 10.7. The van der Waals surface area contributed by atoms with Crippen molar-refractivity contribution in [2.45, 2.75) is 31.5 Å². The van der Waals surface area contributed by atoms with Gasteiger partial charge in [0.25, 0.3) is 0 Å². The maximum atomic E-state index is 13.0. The van der Waals surface area contributed by atoms with Gasteiger partial charge in [-0.1, -0.05) is 18.2 Å². The van der Waals surface area contributed by atoms with Gasteiger partial charge in [-0.05, 0) is 30.9 Å². The van der Waals surface area contributed by atoms with Gasteiger partial charge in [0.1, 0.15) is 0 Å². The number of benzene rings is 1. The molecular formula is C15H16F3NO4. The SMILES string of the molecule is O=C(O)C1CCN(C(=O)O)C(Cc2ccccc2C(F)(F)F)C1. The van der Waals surface area contributed by atoms with Crippen LogP contribution < -0.4 is 0 Å². The van der Waals surface area contributed by atoms with Crippen molar-refractivity contribution in [2.24, 2.45) is 5.92 Å². The molecule has 23 heavy (non-hydrogen) atoms. The summed E-state index contributed by atoms with van der Waals surface area (Å²) in [6.07, 6.45) is -5.77. The van der Waals surface area contributed by atoms with E-state index < -0.39 is 35.8 Å². The standard InChI is InChI=1S/C15H16F3NO4/c16-15(17,18)12-4-2-1-3-9(12)7-11-8-10(13(20)21)5-6-19(11)14(22)23/h1-4,10-11H,5-8H2,(H,20,21)(H,22,23). The van der Waals surface area contributed by atoms with Gasteiger partial charge in [0.15, 0.2) is 0 Å². The number of piperidine rings is 1. The highest BCUT2D eigenvalue weighted by Gasteiger charge is 2.38. The van der Waals surface area contributed by atoms with Crippen LogP contribution in [0.25, 0.3) is 0 Å². The molecule has 5 nitrogen and oxygen atoms in total. The Labute approximate surface area is 130 Å². The van der Waals surface area contributed by atoms with Gasteiger partial charge in [-0.2, -0.15) is 13.2 Å². The van der Waals surface area contributed by atoms with Crippen molar-refractivity contribution < 1.29 is 33.0 Å². The summed E-state index contributed by atoms with van der Waals surface area (Å²) in [5, 5.41) is 18.3. The molecule has 1 aliphatic rings. The molecule has 1 heterocycles. The molecule has 2 unspecified atom stereocenters. The molecule has 1 aliphatic heterocycles. The fraction of sp³-hybridized carbons (Fsp3) is 0.467. The first-order valence-electron chi connectivity index (χ1n) is 7.07. The van der Waals surface area contributed by atoms with Crippen molar-refractivity contribution in [2.75, 3.05) is 6.54 Å². The quantitative estimate of drug-likeness (QED) is 0.892. The van der Waals surface area contributed by atoms with Gasteiger partial charge in [-0.25, -0.2) is 4.79 Å². The van der Waals surface area contributed by atoms with Crippen molar-refractivity contribution in [3.05, 3.63) is 35.4 Å². The lowest BCUT2D eigenvalue weighted by Crippen LogP contribution is -2.48. The average molecular weight is 331 g/mol. The second-order valence-corrected chi connectivity index (χ2v) is 5.55. The van der Waals surface area contributed by atoms with Gasteiger partial charge in [0, 0.05) is 12.6 Å². The molecule has 0 spiro atoms. The molecule has 2 atom stereocenters. The van der Waals surface area contributed by atoms with Crippen LogP contribution in [0.3, 0.4) is 0 Å². The third-order valence-electron chi connectivity index (χ3n) is 4.09. The summed E-state index contributed by atoms with van der Waals surface area (Å²) in [4.78, 5) is 23.4. The first kappa shape index (κ1) is 17.1. The molecule has 8 heteroatoms. The number of aliphatic carboxylic acids is 1. The average Bonchev–Trinajstić information content (AvgIpc) is 2.46. The van der Waals surface area contributed by atoms with E-state index in [0.717, 1.165) is 11.0 Å². The Morgan fingerprint density at radius 3 is 2.43 bits per heavy atom. The molecule has 0 bridgehead atoms. The molecule has 0 radical (unpaired) electrons. The number of alkyl halides is 3. The Hall–Kier alpha value is -2.25. The number of carboxylic acids is 1. The summed E-state index contributed by atoms with van der Waals surface area (Å²) in [6.45, 7) is 0.00511. The Morgan fingerprint density at radius 2 is 1.87 bits per heavy atom. The van der Waals surface area contributed by atoms with Crippen molar-refractivity contribution in [3.8, 4) is 0 Å². The normalized spacial score (nSPS) is 22.0. The summed E-state index contributed by atoms with van der Waals surface area (Å²) in [5.41, 5.74) is -0.843. The fourth-order valence-corrected chi connectivity index (χ4v) is 2.95. The van der Waals surface area contributed by atoms with Crippen LogP contribution in [0.2, 0.25) is 0 Å². The van der Waals surface area contributed by atoms with Crippen molar-refractivity contribution in [1.29, 1.82) is 0 Å². The zero-order valence-corrected chi connectivity index (χ0v) is 12.1. The lowest BCUT2D eigenvalue weighted by molar-refractivity contribution is -0.144. The van der Waals surface area contributed by atoms with Crippen LogP contribution in [-0.4, -0.2) is 39.8 Å².